The van der Waals surface area contributed by atoms with Gasteiger partial charge >= 0.3 is 0 Å². The first kappa shape index (κ1) is 43.6. The summed E-state index contributed by atoms with van der Waals surface area (Å²) in [6.45, 7) is 9.44. The zero-order chi connectivity index (χ0) is 35.2. The van der Waals surface area contributed by atoms with E-state index in [1.165, 1.54) is 38.5 Å². The molecule has 0 aliphatic carbocycles. The van der Waals surface area contributed by atoms with Crippen molar-refractivity contribution in [1.29, 1.82) is 0 Å². The lowest BCUT2D eigenvalue weighted by Gasteiger charge is -2.26. The van der Waals surface area contributed by atoms with E-state index in [2.05, 4.69) is 13.8 Å². The molecule has 278 valence electrons. The summed E-state index contributed by atoms with van der Waals surface area (Å²) in [6, 6.07) is 6.70. The SMILES string of the molecule is CCCCCCCN(CCCOc1ccc(OCCCN(CCCCCCC)C(=O)[C@@H](N)CCCCN)cc1)C(=O)[C@@H](N)CCCCN. The fourth-order valence-corrected chi connectivity index (χ4v) is 5.73. The number of hydrogen-bond acceptors (Lipinski definition) is 8. The summed E-state index contributed by atoms with van der Waals surface area (Å²) in [4.78, 5) is 30.0. The van der Waals surface area contributed by atoms with Crippen LogP contribution < -0.4 is 32.4 Å². The van der Waals surface area contributed by atoms with Crippen molar-refractivity contribution in [1.82, 2.24) is 9.80 Å². The van der Waals surface area contributed by atoms with E-state index in [9.17, 15) is 9.59 Å². The number of carbonyl (C=O) groups is 2. The van der Waals surface area contributed by atoms with Crippen molar-refractivity contribution >= 4 is 11.8 Å². The molecule has 2 atom stereocenters. The Hall–Kier alpha value is -2.40. The summed E-state index contributed by atoms with van der Waals surface area (Å²) in [7, 11) is 0. The molecular formula is C38H72N6O4. The fourth-order valence-electron chi connectivity index (χ4n) is 5.73. The van der Waals surface area contributed by atoms with Crippen LogP contribution in [-0.2, 0) is 9.59 Å². The van der Waals surface area contributed by atoms with Crippen molar-refractivity contribution in [2.24, 2.45) is 22.9 Å². The van der Waals surface area contributed by atoms with Crippen LogP contribution in [0, 0.1) is 0 Å². The Kier molecular flexibility index (Phi) is 26.8. The second-order valence-corrected chi connectivity index (χ2v) is 13.1. The van der Waals surface area contributed by atoms with E-state index in [4.69, 9.17) is 32.4 Å². The molecule has 0 heterocycles. The number of hydrogen-bond donors (Lipinski definition) is 4. The van der Waals surface area contributed by atoms with Gasteiger partial charge in [0.25, 0.3) is 0 Å². The summed E-state index contributed by atoms with van der Waals surface area (Å²) < 4.78 is 12.0. The molecule has 0 unspecified atom stereocenters. The first-order chi connectivity index (χ1) is 23.4. The van der Waals surface area contributed by atoms with E-state index < -0.39 is 12.1 Å². The van der Waals surface area contributed by atoms with Crippen LogP contribution in [0.15, 0.2) is 24.3 Å². The number of amides is 2. The molecule has 1 aromatic carbocycles. The second-order valence-electron chi connectivity index (χ2n) is 13.1. The number of ether oxygens (including phenoxy) is 2. The molecule has 0 spiro atoms. The van der Waals surface area contributed by atoms with Gasteiger partial charge in [0.2, 0.25) is 11.8 Å². The third-order valence-electron chi connectivity index (χ3n) is 8.77. The summed E-state index contributed by atoms with van der Waals surface area (Å²) in [5.41, 5.74) is 23.7. The molecule has 48 heavy (non-hydrogen) atoms. The van der Waals surface area contributed by atoms with Crippen LogP contribution in [0.4, 0.5) is 0 Å². The molecular weight excluding hydrogens is 604 g/mol. The lowest BCUT2D eigenvalue weighted by molar-refractivity contribution is -0.133. The lowest BCUT2D eigenvalue weighted by Crippen LogP contribution is -2.45. The fraction of sp³-hybridized carbons (Fsp3) is 0.789. The van der Waals surface area contributed by atoms with Gasteiger partial charge in [0.1, 0.15) is 11.5 Å². The summed E-state index contributed by atoms with van der Waals surface area (Å²) >= 11 is 0. The molecule has 0 bridgehead atoms. The van der Waals surface area contributed by atoms with Gasteiger partial charge in [-0.05, 0) is 88.7 Å². The number of carbonyl (C=O) groups excluding carboxylic acids is 2. The highest BCUT2D eigenvalue weighted by atomic mass is 16.5. The van der Waals surface area contributed by atoms with E-state index in [0.717, 1.165) is 88.8 Å². The number of nitrogens with two attached hydrogens (primary N) is 4. The maximum atomic E-state index is 13.1. The molecule has 1 aromatic rings. The molecule has 0 fully saturated rings. The Morgan fingerprint density at radius 3 is 1.25 bits per heavy atom. The van der Waals surface area contributed by atoms with Crippen molar-refractivity contribution in [2.45, 2.75) is 142 Å². The smallest absolute Gasteiger partial charge is 0.239 e. The lowest BCUT2D eigenvalue weighted by atomic mass is 10.1. The molecule has 0 aliphatic rings. The van der Waals surface area contributed by atoms with E-state index in [1.54, 1.807) is 0 Å². The standard InChI is InChI=1S/C38H72N6O4/c1-3-5-7-9-15-27-43(37(45)35(41)19-11-13-25-39)29-17-31-47-33-21-23-34(24-22-33)48-32-18-30-44(28-16-10-8-6-4-2)38(46)36(42)20-12-14-26-40/h21-24,35-36H,3-20,25-32,39-42H2,1-2H3/t35-,36-/m0/s1. The highest BCUT2D eigenvalue weighted by molar-refractivity contribution is 5.82. The van der Waals surface area contributed by atoms with Crippen LogP contribution in [0.25, 0.3) is 0 Å². The number of rotatable bonds is 32. The monoisotopic (exact) mass is 677 g/mol. The number of benzene rings is 1. The molecule has 0 aromatic heterocycles. The zero-order valence-electron chi connectivity index (χ0n) is 30.7. The summed E-state index contributed by atoms with van der Waals surface area (Å²) in [6.07, 6.45) is 17.9. The minimum atomic E-state index is -0.469. The first-order valence-electron chi connectivity index (χ1n) is 19.2. The van der Waals surface area contributed by atoms with Gasteiger partial charge in [-0.2, -0.15) is 0 Å². The van der Waals surface area contributed by atoms with Crippen molar-refractivity contribution in [3.05, 3.63) is 24.3 Å². The third-order valence-corrected chi connectivity index (χ3v) is 8.77. The highest BCUT2D eigenvalue weighted by Gasteiger charge is 2.21. The van der Waals surface area contributed by atoms with Gasteiger partial charge in [0, 0.05) is 26.2 Å². The van der Waals surface area contributed by atoms with E-state index in [-0.39, 0.29) is 11.8 Å². The van der Waals surface area contributed by atoms with E-state index >= 15 is 0 Å². The van der Waals surface area contributed by atoms with Gasteiger partial charge in [-0.1, -0.05) is 78.1 Å². The van der Waals surface area contributed by atoms with Crippen molar-refractivity contribution in [3.8, 4) is 11.5 Å². The number of unbranched alkanes of at least 4 members (excludes halogenated alkanes) is 10. The number of nitrogens with zero attached hydrogens (tertiary/aromatic N) is 2. The molecule has 0 radical (unpaired) electrons. The molecule has 8 N–H and O–H groups in total. The molecule has 10 heteroatoms. The van der Waals surface area contributed by atoms with Crippen molar-refractivity contribution < 1.29 is 19.1 Å². The first-order valence-corrected chi connectivity index (χ1v) is 19.2. The van der Waals surface area contributed by atoms with E-state index in [0.29, 0.717) is 52.2 Å². The van der Waals surface area contributed by atoms with E-state index in [1.807, 2.05) is 34.1 Å². The quantitative estimate of drug-likeness (QED) is 0.0703. The minimum Gasteiger partial charge on any atom is -0.494 e. The van der Waals surface area contributed by atoms with Gasteiger partial charge in [-0.25, -0.2) is 0 Å². The van der Waals surface area contributed by atoms with Gasteiger partial charge in [0.05, 0.1) is 25.3 Å². The van der Waals surface area contributed by atoms with Crippen molar-refractivity contribution in [2.75, 3.05) is 52.5 Å². The Balaban J connectivity index is 2.51. The molecule has 0 saturated carbocycles. The maximum absolute atomic E-state index is 13.1. The summed E-state index contributed by atoms with van der Waals surface area (Å²) in [5.74, 6) is 1.60. The van der Waals surface area contributed by atoms with Crippen molar-refractivity contribution in [3.63, 3.8) is 0 Å². The molecule has 0 saturated heterocycles. The zero-order valence-corrected chi connectivity index (χ0v) is 30.7. The average molecular weight is 677 g/mol. The van der Waals surface area contributed by atoms with Gasteiger partial charge in [0.15, 0.2) is 0 Å². The molecule has 2 amide bonds. The van der Waals surface area contributed by atoms with Crippen LogP contribution >= 0.6 is 0 Å². The molecule has 0 aliphatic heterocycles. The topological polar surface area (TPSA) is 163 Å². The predicted molar refractivity (Wildman–Crippen MR) is 199 cm³/mol. The summed E-state index contributed by atoms with van der Waals surface area (Å²) in [5, 5.41) is 0. The van der Waals surface area contributed by atoms with Crippen LogP contribution in [0.5, 0.6) is 11.5 Å². The largest absolute Gasteiger partial charge is 0.494 e. The van der Waals surface area contributed by atoms with Gasteiger partial charge in [-0.15, -0.1) is 0 Å². The Labute approximate surface area is 293 Å². The molecule has 10 nitrogen and oxygen atoms in total. The minimum absolute atomic E-state index is 0.0360. The van der Waals surface area contributed by atoms with Crippen LogP contribution in [0.3, 0.4) is 0 Å². The van der Waals surface area contributed by atoms with Gasteiger partial charge < -0.3 is 42.2 Å². The molecule has 1 rings (SSSR count). The van der Waals surface area contributed by atoms with Crippen LogP contribution in [-0.4, -0.2) is 86.2 Å². The van der Waals surface area contributed by atoms with Gasteiger partial charge in [-0.3, -0.25) is 9.59 Å². The van der Waals surface area contributed by atoms with Crippen LogP contribution in [0.2, 0.25) is 0 Å². The second kappa shape index (κ2) is 29.5. The Morgan fingerprint density at radius 1 is 0.542 bits per heavy atom. The normalized spacial score (nSPS) is 12.5. The predicted octanol–water partition coefficient (Wildman–Crippen LogP) is 5.74. The Bertz CT molecular complexity index is 846. The highest BCUT2D eigenvalue weighted by Crippen LogP contribution is 2.18. The van der Waals surface area contributed by atoms with Crippen LogP contribution in [0.1, 0.15) is 129 Å². The maximum Gasteiger partial charge on any atom is 0.239 e. The average Bonchev–Trinajstić information content (AvgIpc) is 3.09. The Morgan fingerprint density at radius 2 is 0.896 bits per heavy atom. The third kappa shape index (κ3) is 20.9.